The molecule has 54 valence electrons. The summed E-state index contributed by atoms with van der Waals surface area (Å²) in [5.41, 5.74) is 7.66. The highest BCUT2D eigenvalue weighted by Gasteiger charge is 2.21. The minimum absolute atomic E-state index is 0.238. The van der Waals surface area contributed by atoms with Gasteiger partial charge in [0.2, 0.25) is 12.1 Å². The van der Waals surface area contributed by atoms with E-state index in [1.165, 1.54) is 0 Å². The highest BCUT2D eigenvalue weighted by atomic mass is 16.1. The fourth-order valence-corrected chi connectivity index (χ4v) is 0.427. The largest absolute Gasteiger partial charge is 0.397 e. The summed E-state index contributed by atoms with van der Waals surface area (Å²) < 4.78 is 0. The molecule has 0 aliphatic heterocycles. The van der Waals surface area contributed by atoms with Crippen LogP contribution in [-0.4, -0.2) is 22.6 Å². The number of carbonyl (C=O) groups is 2. The minimum Gasteiger partial charge on any atom is -0.360 e. The normalized spacial score (nSPS) is 8.70. The fourth-order valence-electron chi connectivity index (χ4n) is 0.427. The first-order valence-corrected chi connectivity index (χ1v) is 2.85. The minimum atomic E-state index is -0.447. The lowest BCUT2D eigenvalue weighted by molar-refractivity contribution is -0.122. The average molecular weight is 140 g/mol. The van der Waals surface area contributed by atoms with Crippen LogP contribution in [0.3, 0.4) is 0 Å². The Morgan fingerprint density at radius 2 is 2.10 bits per heavy atom. The topological polar surface area (TPSA) is 70.5 Å². The van der Waals surface area contributed by atoms with Crippen molar-refractivity contribution in [2.45, 2.75) is 13.8 Å². The smallest absolute Gasteiger partial charge is 0.360 e. The summed E-state index contributed by atoms with van der Waals surface area (Å²) in [7, 11) is 0. The van der Waals surface area contributed by atoms with Crippen LogP contribution in [0.15, 0.2) is 0 Å². The summed E-state index contributed by atoms with van der Waals surface area (Å²) in [5, 5.41) is 0. The van der Waals surface area contributed by atoms with Crippen LogP contribution in [0.25, 0.3) is 5.53 Å². The summed E-state index contributed by atoms with van der Waals surface area (Å²) >= 11 is 0. The van der Waals surface area contributed by atoms with E-state index in [0.29, 0.717) is 0 Å². The first-order valence-electron chi connectivity index (χ1n) is 2.85. The van der Waals surface area contributed by atoms with E-state index in [1.807, 2.05) is 0 Å². The van der Waals surface area contributed by atoms with Gasteiger partial charge in [-0.25, -0.2) is 0 Å². The van der Waals surface area contributed by atoms with Crippen molar-refractivity contribution in [3.05, 3.63) is 5.53 Å². The Bertz CT molecular complexity index is 202. The third-order valence-corrected chi connectivity index (χ3v) is 0.996. The molecule has 0 unspecified atom stereocenters. The zero-order valence-corrected chi connectivity index (χ0v) is 5.87. The number of aldehydes is 1. The van der Waals surface area contributed by atoms with Crippen LogP contribution in [0, 0.1) is 5.92 Å². The number of hydrogen-bond acceptors (Lipinski definition) is 2. The maximum atomic E-state index is 10.8. The molecule has 0 heterocycles. The zero-order chi connectivity index (χ0) is 8.15. The molecule has 10 heavy (non-hydrogen) atoms. The first kappa shape index (κ1) is 8.72. The van der Waals surface area contributed by atoms with E-state index in [-0.39, 0.29) is 12.2 Å². The Kier molecular flexibility index (Phi) is 3.22. The van der Waals surface area contributed by atoms with Gasteiger partial charge in [-0.15, -0.1) is 0 Å². The predicted octanol–water partition coefficient (Wildman–Crippen LogP) is 0.0812. The van der Waals surface area contributed by atoms with Gasteiger partial charge in [-0.1, -0.05) is 13.8 Å². The van der Waals surface area contributed by atoms with Crippen molar-refractivity contribution in [3.63, 3.8) is 0 Å². The number of hydrogen-bond donors (Lipinski definition) is 0. The van der Waals surface area contributed by atoms with Crippen molar-refractivity contribution in [3.8, 4) is 0 Å². The van der Waals surface area contributed by atoms with Crippen molar-refractivity contribution in [1.29, 1.82) is 0 Å². The van der Waals surface area contributed by atoms with Gasteiger partial charge in [0.15, 0.2) is 0 Å². The molecule has 0 rings (SSSR count). The highest BCUT2D eigenvalue weighted by molar-refractivity contribution is 6.58. The van der Waals surface area contributed by atoms with Gasteiger partial charge in [0.05, 0.1) is 0 Å². The molecule has 0 spiro atoms. The van der Waals surface area contributed by atoms with Crippen LogP contribution in [-0.2, 0) is 9.59 Å². The van der Waals surface area contributed by atoms with Crippen LogP contribution in [0.4, 0.5) is 0 Å². The van der Waals surface area contributed by atoms with Gasteiger partial charge in [-0.05, 0) is 0 Å². The quantitative estimate of drug-likeness (QED) is 0.183. The van der Waals surface area contributed by atoms with Gasteiger partial charge in [-0.2, -0.15) is 4.79 Å². The molecule has 4 heteroatoms. The van der Waals surface area contributed by atoms with E-state index < -0.39 is 11.5 Å². The monoisotopic (exact) mass is 140 g/mol. The lowest BCUT2D eigenvalue weighted by Crippen LogP contribution is -2.21. The van der Waals surface area contributed by atoms with Crippen LogP contribution in [0.1, 0.15) is 13.8 Å². The Hall–Kier alpha value is -1.28. The second-order valence-corrected chi connectivity index (χ2v) is 2.12. The van der Waals surface area contributed by atoms with E-state index in [9.17, 15) is 9.59 Å². The maximum absolute atomic E-state index is 10.8. The van der Waals surface area contributed by atoms with Crippen LogP contribution < -0.4 is 0 Å². The number of rotatable bonds is 3. The molecule has 0 fully saturated rings. The van der Waals surface area contributed by atoms with Gasteiger partial charge in [-0.3, -0.25) is 9.59 Å². The van der Waals surface area contributed by atoms with Crippen LogP contribution in [0.2, 0.25) is 0 Å². The zero-order valence-electron chi connectivity index (χ0n) is 5.87. The number of ketones is 1. The molecule has 0 N–H and O–H groups in total. The summed E-state index contributed by atoms with van der Waals surface area (Å²) in [6.07, 6.45) is 0.238. The van der Waals surface area contributed by atoms with Gasteiger partial charge in [0.25, 0.3) is 0 Å². The summed E-state index contributed by atoms with van der Waals surface area (Å²) in [4.78, 5) is 23.3. The molecule has 0 amide bonds. The molecule has 0 aliphatic carbocycles. The van der Waals surface area contributed by atoms with Gasteiger partial charge < -0.3 is 5.53 Å². The van der Waals surface area contributed by atoms with Crippen molar-refractivity contribution in [2.75, 3.05) is 0 Å². The van der Waals surface area contributed by atoms with Gasteiger partial charge >= 0.3 is 5.71 Å². The molecule has 0 aromatic carbocycles. The lowest BCUT2D eigenvalue weighted by atomic mass is 10.1. The van der Waals surface area contributed by atoms with Crippen LogP contribution >= 0.6 is 0 Å². The highest BCUT2D eigenvalue weighted by Crippen LogP contribution is 1.92. The molecule has 0 radical (unpaired) electrons. The summed E-state index contributed by atoms with van der Waals surface area (Å²) in [5.74, 6) is -0.756. The Morgan fingerprint density at radius 3 is 2.20 bits per heavy atom. The molecule has 0 saturated heterocycles. The number of carbonyl (C=O) groups excluding carboxylic acids is 2. The van der Waals surface area contributed by atoms with E-state index >= 15 is 0 Å². The van der Waals surface area contributed by atoms with E-state index in [1.54, 1.807) is 13.8 Å². The predicted molar refractivity (Wildman–Crippen MR) is 34.5 cm³/mol. The number of nitrogens with zero attached hydrogens (tertiary/aromatic N) is 2. The van der Waals surface area contributed by atoms with E-state index in [2.05, 4.69) is 4.79 Å². The molecule has 0 saturated carbocycles. The summed E-state index contributed by atoms with van der Waals surface area (Å²) in [6, 6.07) is 0. The van der Waals surface area contributed by atoms with Crippen molar-refractivity contribution >= 4 is 17.8 Å². The Balaban J connectivity index is 4.49. The Labute approximate surface area is 58.5 Å². The maximum Gasteiger partial charge on any atom is 0.397 e. The molecular weight excluding hydrogens is 132 g/mol. The van der Waals surface area contributed by atoms with Crippen molar-refractivity contribution in [2.24, 2.45) is 5.92 Å². The van der Waals surface area contributed by atoms with Crippen LogP contribution in [0.5, 0.6) is 0 Å². The SMILES string of the molecule is CC(C)C(=O)C(C=O)=[N+]=[N-]. The molecule has 0 aliphatic rings. The van der Waals surface area contributed by atoms with E-state index in [4.69, 9.17) is 5.53 Å². The fraction of sp³-hybridized carbons (Fsp3) is 0.500. The molecular formula is C6H8N2O2. The molecule has 0 bridgehead atoms. The van der Waals surface area contributed by atoms with Gasteiger partial charge in [0.1, 0.15) is 0 Å². The Morgan fingerprint density at radius 1 is 1.60 bits per heavy atom. The average Bonchev–Trinajstić information content (AvgIpc) is 1.90. The molecule has 0 atom stereocenters. The first-order chi connectivity index (χ1) is 4.63. The third-order valence-electron chi connectivity index (χ3n) is 0.996. The second-order valence-electron chi connectivity index (χ2n) is 2.12. The van der Waals surface area contributed by atoms with Gasteiger partial charge in [0, 0.05) is 5.92 Å². The molecule has 4 nitrogen and oxygen atoms in total. The van der Waals surface area contributed by atoms with Crippen molar-refractivity contribution in [1.82, 2.24) is 0 Å². The standard InChI is InChI=1S/C6H8N2O2/c1-4(2)6(10)5(3-9)8-7/h3-4H,1-2H3. The number of Topliss-reactive ketones (excluding diaryl/α,β-unsaturated/α-hetero) is 1. The second kappa shape index (κ2) is 3.69. The molecule has 0 aromatic rings. The molecule has 0 aromatic heterocycles. The third kappa shape index (κ3) is 1.91. The lowest BCUT2D eigenvalue weighted by Gasteiger charge is -1.91. The summed E-state index contributed by atoms with van der Waals surface area (Å²) in [6.45, 7) is 3.24. The van der Waals surface area contributed by atoms with E-state index in [0.717, 1.165) is 0 Å². The van der Waals surface area contributed by atoms with Crippen molar-refractivity contribution < 1.29 is 14.4 Å².